The normalized spacial score (nSPS) is 19.6. The molecule has 5 heteroatoms. The summed E-state index contributed by atoms with van der Waals surface area (Å²) < 4.78 is 14.1. The number of nitrogens with zero attached hydrogens (tertiary/aromatic N) is 2. The van der Waals surface area contributed by atoms with Crippen molar-refractivity contribution in [3.05, 3.63) is 30.2 Å². The summed E-state index contributed by atoms with van der Waals surface area (Å²) in [5.41, 5.74) is 7.35. The Morgan fingerprint density at radius 2 is 2.40 bits per heavy atom. The van der Waals surface area contributed by atoms with Crippen LogP contribution in [0.3, 0.4) is 0 Å². The molecule has 0 saturated carbocycles. The molecular formula is C15H19FN4. The number of nitrogens with two attached hydrogens (primary N) is 1. The van der Waals surface area contributed by atoms with Crippen LogP contribution >= 0.6 is 0 Å². The van der Waals surface area contributed by atoms with Crippen molar-refractivity contribution < 1.29 is 4.39 Å². The van der Waals surface area contributed by atoms with E-state index >= 15 is 0 Å². The molecule has 2 heterocycles. The van der Waals surface area contributed by atoms with Crippen molar-refractivity contribution in [2.75, 3.05) is 37.7 Å². The third-order valence-corrected chi connectivity index (χ3v) is 3.93. The smallest absolute Gasteiger partial charge is 0.150 e. The highest BCUT2D eigenvalue weighted by Crippen LogP contribution is 2.30. The predicted octanol–water partition coefficient (Wildman–Crippen LogP) is 2.32. The fourth-order valence-corrected chi connectivity index (χ4v) is 2.84. The van der Waals surface area contributed by atoms with Gasteiger partial charge in [0.25, 0.3) is 0 Å². The highest BCUT2D eigenvalue weighted by atomic mass is 19.1. The minimum atomic E-state index is -0.333. The zero-order chi connectivity index (χ0) is 14.1. The van der Waals surface area contributed by atoms with Gasteiger partial charge in [0.05, 0.1) is 11.2 Å². The quantitative estimate of drug-likeness (QED) is 0.843. The first-order valence-electron chi connectivity index (χ1n) is 6.90. The van der Waals surface area contributed by atoms with Crippen LogP contribution in [0.2, 0.25) is 0 Å². The number of hydrogen-bond donors (Lipinski definition) is 2. The maximum Gasteiger partial charge on any atom is 0.150 e. The Balaban J connectivity index is 1.87. The fraction of sp³-hybridized carbons (Fsp3) is 0.400. The summed E-state index contributed by atoms with van der Waals surface area (Å²) >= 11 is 0. The first-order valence-corrected chi connectivity index (χ1v) is 6.90. The van der Waals surface area contributed by atoms with E-state index in [0.29, 0.717) is 22.8 Å². The van der Waals surface area contributed by atoms with Gasteiger partial charge in [0.1, 0.15) is 0 Å². The minimum Gasteiger partial charge on any atom is -0.398 e. The molecular weight excluding hydrogens is 255 g/mol. The number of pyridine rings is 1. The van der Waals surface area contributed by atoms with Gasteiger partial charge in [-0.15, -0.1) is 0 Å². The molecule has 0 bridgehead atoms. The van der Waals surface area contributed by atoms with Crippen molar-refractivity contribution >= 4 is 22.3 Å². The van der Waals surface area contributed by atoms with Gasteiger partial charge in [-0.3, -0.25) is 4.98 Å². The van der Waals surface area contributed by atoms with Gasteiger partial charge < -0.3 is 16.0 Å². The summed E-state index contributed by atoms with van der Waals surface area (Å²) in [6, 6.07) is 5.05. The lowest BCUT2D eigenvalue weighted by molar-refractivity contribution is 0.399. The lowest BCUT2D eigenvalue weighted by Gasteiger charge is -2.15. The van der Waals surface area contributed by atoms with Crippen LogP contribution in [-0.4, -0.2) is 36.6 Å². The Morgan fingerprint density at radius 3 is 3.15 bits per heavy atom. The fourth-order valence-electron chi connectivity index (χ4n) is 2.84. The van der Waals surface area contributed by atoms with E-state index in [0.717, 1.165) is 31.4 Å². The SMILES string of the molecule is CN1CCC(CNc2c(F)cc(N)c3cccnc23)C1. The van der Waals surface area contributed by atoms with E-state index in [-0.39, 0.29) is 5.82 Å². The van der Waals surface area contributed by atoms with E-state index < -0.39 is 0 Å². The molecule has 1 fully saturated rings. The topological polar surface area (TPSA) is 54.2 Å². The molecule has 4 nitrogen and oxygen atoms in total. The zero-order valence-corrected chi connectivity index (χ0v) is 11.6. The van der Waals surface area contributed by atoms with Crippen molar-refractivity contribution in [1.82, 2.24) is 9.88 Å². The van der Waals surface area contributed by atoms with E-state index in [2.05, 4.69) is 22.2 Å². The largest absolute Gasteiger partial charge is 0.398 e. The minimum absolute atomic E-state index is 0.333. The van der Waals surface area contributed by atoms with E-state index in [1.807, 2.05) is 12.1 Å². The van der Waals surface area contributed by atoms with Crippen LogP contribution in [0.5, 0.6) is 0 Å². The van der Waals surface area contributed by atoms with Crippen LogP contribution < -0.4 is 11.1 Å². The van der Waals surface area contributed by atoms with Crippen molar-refractivity contribution in [3.63, 3.8) is 0 Å². The molecule has 3 rings (SSSR count). The number of nitrogens with one attached hydrogen (secondary N) is 1. The molecule has 0 amide bonds. The summed E-state index contributed by atoms with van der Waals surface area (Å²) in [5.74, 6) is 0.218. The molecule has 1 atom stereocenters. The van der Waals surface area contributed by atoms with Gasteiger partial charge in [0.15, 0.2) is 5.82 Å². The number of rotatable bonds is 3. The van der Waals surface area contributed by atoms with Crippen molar-refractivity contribution in [3.8, 4) is 0 Å². The average Bonchev–Trinajstić information content (AvgIpc) is 2.84. The van der Waals surface area contributed by atoms with Gasteiger partial charge in [0.2, 0.25) is 0 Å². The molecule has 20 heavy (non-hydrogen) atoms. The van der Waals surface area contributed by atoms with Gasteiger partial charge in [-0.25, -0.2) is 4.39 Å². The molecule has 3 N–H and O–H groups in total. The van der Waals surface area contributed by atoms with Gasteiger partial charge in [-0.1, -0.05) is 0 Å². The third-order valence-electron chi connectivity index (χ3n) is 3.93. The molecule has 1 aromatic carbocycles. The monoisotopic (exact) mass is 274 g/mol. The predicted molar refractivity (Wildman–Crippen MR) is 80.2 cm³/mol. The summed E-state index contributed by atoms with van der Waals surface area (Å²) in [5, 5.41) is 4.02. The average molecular weight is 274 g/mol. The summed E-state index contributed by atoms with van der Waals surface area (Å²) in [7, 11) is 2.11. The summed E-state index contributed by atoms with van der Waals surface area (Å²) in [6.07, 6.45) is 2.81. The summed E-state index contributed by atoms with van der Waals surface area (Å²) in [4.78, 5) is 6.56. The first kappa shape index (κ1) is 13.1. The number of hydrogen-bond acceptors (Lipinski definition) is 4. The zero-order valence-electron chi connectivity index (χ0n) is 11.6. The number of fused-ring (bicyclic) bond motifs is 1. The third kappa shape index (κ3) is 2.41. The Morgan fingerprint density at radius 1 is 1.55 bits per heavy atom. The molecule has 1 aliphatic rings. The number of nitrogen functional groups attached to an aromatic ring is 1. The van der Waals surface area contributed by atoms with Crippen molar-refractivity contribution in [2.24, 2.45) is 5.92 Å². The number of halogens is 1. The standard InChI is InChI=1S/C15H19FN4/c1-20-6-4-10(9-20)8-19-15-12(16)7-13(17)11-3-2-5-18-14(11)15/h2-3,5,7,10,19H,4,6,8-9,17H2,1H3. The van der Waals surface area contributed by atoms with Crippen LogP contribution in [0.4, 0.5) is 15.8 Å². The van der Waals surface area contributed by atoms with Crippen LogP contribution in [0.1, 0.15) is 6.42 Å². The maximum absolute atomic E-state index is 14.1. The first-order chi connectivity index (χ1) is 9.65. The molecule has 1 aromatic heterocycles. The van der Waals surface area contributed by atoms with Crippen LogP contribution in [0, 0.1) is 11.7 Å². The lowest BCUT2D eigenvalue weighted by Crippen LogP contribution is -2.19. The van der Waals surface area contributed by atoms with Crippen LogP contribution in [0.25, 0.3) is 10.9 Å². The Labute approximate surface area is 117 Å². The van der Waals surface area contributed by atoms with E-state index in [1.54, 1.807) is 6.20 Å². The second-order valence-electron chi connectivity index (χ2n) is 5.52. The van der Waals surface area contributed by atoms with Crippen molar-refractivity contribution in [1.29, 1.82) is 0 Å². The Kier molecular flexibility index (Phi) is 3.44. The molecule has 0 spiro atoms. The molecule has 0 aliphatic carbocycles. The van der Waals surface area contributed by atoms with Crippen LogP contribution in [0.15, 0.2) is 24.4 Å². The van der Waals surface area contributed by atoms with Gasteiger partial charge in [-0.2, -0.15) is 0 Å². The van der Waals surface area contributed by atoms with Gasteiger partial charge in [-0.05, 0) is 44.1 Å². The molecule has 1 aliphatic heterocycles. The Hall–Kier alpha value is -1.88. The lowest BCUT2D eigenvalue weighted by atomic mass is 10.1. The molecule has 1 unspecified atom stereocenters. The van der Waals surface area contributed by atoms with Crippen LogP contribution in [-0.2, 0) is 0 Å². The Bertz CT molecular complexity index is 629. The van der Waals surface area contributed by atoms with E-state index in [1.165, 1.54) is 6.07 Å². The maximum atomic E-state index is 14.1. The van der Waals surface area contributed by atoms with E-state index in [9.17, 15) is 4.39 Å². The number of likely N-dealkylation sites (tertiary alicyclic amines) is 1. The van der Waals surface area contributed by atoms with Crippen molar-refractivity contribution in [2.45, 2.75) is 6.42 Å². The van der Waals surface area contributed by atoms with Gasteiger partial charge in [0, 0.05) is 30.4 Å². The number of benzene rings is 1. The highest BCUT2D eigenvalue weighted by Gasteiger charge is 2.20. The highest BCUT2D eigenvalue weighted by molar-refractivity contribution is 5.98. The molecule has 1 saturated heterocycles. The van der Waals surface area contributed by atoms with Gasteiger partial charge >= 0.3 is 0 Å². The second-order valence-corrected chi connectivity index (χ2v) is 5.52. The number of aromatic nitrogens is 1. The van der Waals surface area contributed by atoms with E-state index in [4.69, 9.17) is 5.73 Å². The molecule has 2 aromatic rings. The molecule has 106 valence electrons. The molecule has 0 radical (unpaired) electrons. The summed E-state index contributed by atoms with van der Waals surface area (Å²) in [6.45, 7) is 2.92. The second kappa shape index (κ2) is 5.25. The number of anilines is 2.